The Labute approximate surface area is 182 Å². The number of carbonyl (C=O) groups is 1. The van der Waals surface area contributed by atoms with E-state index in [1.54, 1.807) is 0 Å². The predicted octanol–water partition coefficient (Wildman–Crippen LogP) is 5.51. The van der Waals surface area contributed by atoms with Gasteiger partial charge >= 0.3 is 6.18 Å². The van der Waals surface area contributed by atoms with Crippen LogP contribution in [0, 0.1) is 12.8 Å². The lowest BCUT2D eigenvalue weighted by Crippen LogP contribution is -2.38. The molecule has 1 aromatic carbocycles. The van der Waals surface area contributed by atoms with E-state index in [1.165, 1.54) is 7.11 Å². The van der Waals surface area contributed by atoms with Gasteiger partial charge in [-0.05, 0) is 56.7 Å². The number of nitrogens with one attached hydrogen (secondary N) is 1. The highest BCUT2D eigenvalue weighted by Crippen LogP contribution is 2.33. The van der Waals surface area contributed by atoms with Gasteiger partial charge in [0.2, 0.25) is 0 Å². The molecule has 0 unspecified atom stereocenters. The Morgan fingerprint density at radius 2 is 1.93 bits per heavy atom. The molecule has 0 bridgehead atoms. The van der Waals surface area contributed by atoms with E-state index in [1.807, 2.05) is 11.6 Å². The van der Waals surface area contributed by atoms with Crippen LogP contribution in [0.25, 0.3) is 0 Å². The van der Waals surface area contributed by atoms with Crippen LogP contribution in [-0.4, -0.2) is 28.8 Å². The van der Waals surface area contributed by atoms with Gasteiger partial charge in [0.25, 0.3) is 11.8 Å². The molecule has 2 aromatic rings. The topological polar surface area (TPSA) is 56.1 Å². The molecule has 1 aromatic heterocycles. The van der Waals surface area contributed by atoms with Crippen molar-refractivity contribution >= 4 is 29.1 Å². The molecule has 0 radical (unpaired) electrons. The van der Waals surface area contributed by atoms with Crippen molar-refractivity contribution < 1.29 is 22.7 Å². The second-order valence-electron chi connectivity index (χ2n) is 7.47. The van der Waals surface area contributed by atoms with Crippen molar-refractivity contribution in [2.24, 2.45) is 5.92 Å². The standard InChI is InChI=1S/C20H22Cl2F3N3O2/c1-11-17(22)19(30-2)27-28(11)10-12-3-6-14(7-4-12)26-18(29)15-9-13(20(23,24)25)5-8-16(15)21/h5,8-9,12,14H,3-4,6-7,10H2,1-2H3,(H,26,29). The maximum absolute atomic E-state index is 12.9. The lowest BCUT2D eigenvalue weighted by atomic mass is 9.86. The highest BCUT2D eigenvalue weighted by molar-refractivity contribution is 6.34. The molecule has 0 saturated heterocycles. The number of alkyl halides is 3. The number of rotatable bonds is 5. The van der Waals surface area contributed by atoms with Crippen LogP contribution >= 0.6 is 23.2 Å². The summed E-state index contributed by atoms with van der Waals surface area (Å²) in [4.78, 5) is 12.5. The van der Waals surface area contributed by atoms with E-state index in [-0.39, 0.29) is 16.6 Å². The van der Waals surface area contributed by atoms with Crippen LogP contribution in [0.3, 0.4) is 0 Å². The van der Waals surface area contributed by atoms with Gasteiger partial charge in [-0.1, -0.05) is 23.2 Å². The van der Waals surface area contributed by atoms with Crippen molar-refractivity contribution in [3.63, 3.8) is 0 Å². The number of halogens is 5. The zero-order valence-corrected chi connectivity index (χ0v) is 18.0. The highest BCUT2D eigenvalue weighted by Gasteiger charge is 2.32. The first-order chi connectivity index (χ1) is 14.1. The molecule has 30 heavy (non-hydrogen) atoms. The molecule has 1 aliphatic rings. The molecule has 0 aliphatic heterocycles. The first-order valence-corrected chi connectivity index (χ1v) is 10.3. The van der Waals surface area contributed by atoms with Crippen molar-refractivity contribution in [2.45, 2.75) is 51.4 Å². The molecule has 1 N–H and O–H groups in total. The summed E-state index contributed by atoms with van der Waals surface area (Å²) < 4.78 is 45.7. The molecular weight excluding hydrogens is 442 g/mol. The van der Waals surface area contributed by atoms with Crippen LogP contribution < -0.4 is 10.1 Å². The molecule has 5 nitrogen and oxygen atoms in total. The largest absolute Gasteiger partial charge is 0.479 e. The first kappa shape index (κ1) is 22.7. The molecule has 1 amide bonds. The normalized spacial score (nSPS) is 19.6. The fraction of sp³-hybridized carbons (Fsp3) is 0.500. The van der Waals surface area contributed by atoms with Gasteiger partial charge < -0.3 is 10.1 Å². The average molecular weight is 464 g/mol. The van der Waals surface area contributed by atoms with Gasteiger partial charge in [-0.25, -0.2) is 0 Å². The molecule has 0 spiro atoms. The molecule has 1 heterocycles. The number of nitrogens with zero attached hydrogens (tertiary/aromatic N) is 2. The minimum Gasteiger partial charge on any atom is -0.479 e. The molecule has 0 atom stereocenters. The van der Waals surface area contributed by atoms with E-state index in [4.69, 9.17) is 27.9 Å². The number of methoxy groups -OCH3 is 1. The number of hydrogen-bond acceptors (Lipinski definition) is 3. The maximum atomic E-state index is 12.9. The lowest BCUT2D eigenvalue weighted by Gasteiger charge is -2.29. The number of ether oxygens (including phenoxy) is 1. The molecular formula is C20H22Cl2F3N3O2. The average Bonchev–Trinajstić information content (AvgIpc) is 2.96. The minimum atomic E-state index is -4.53. The summed E-state index contributed by atoms with van der Waals surface area (Å²) in [6.07, 6.45) is -1.40. The Hall–Kier alpha value is -1.93. The summed E-state index contributed by atoms with van der Waals surface area (Å²) in [6, 6.07) is 2.64. The van der Waals surface area contributed by atoms with Gasteiger partial charge in [0, 0.05) is 12.6 Å². The Morgan fingerprint density at radius 3 is 2.50 bits per heavy atom. The Balaban J connectivity index is 1.58. The summed E-state index contributed by atoms with van der Waals surface area (Å²) in [7, 11) is 1.52. The number of benzene rings is 1. The van der Waals surface area contributed by atoms with Crippen LogP contribution in [0.4, 0.5) is 13.2 Å². The summed E-state index contributed by atoms with van der Waals surface area (Å²) in [5, 5.41) is 7.66. The molecule has 1 saturated carbocycles. The summed E-state index contributed by atoms with van der Waals surface area (Å²) in [5.41, 5.74) is -0.227. The van der Waals surface area contributed by atoms with Crippen LogP contribution in [0.1, 0.15) is 47.3 Å². The monoisotopic (exact) mass is 463 g/mol. The maximum Gasteiger partial charge on any atom is 0.416 e. The second kappa shape index (κ2) is 9.06. The van der Waals surface area contributed by atoms with Crippen LogP contribution in [-0.2, 0) is 12.7 Å². The number of amides is 1. The van der Waals surface area contributed by atoms with Crippen molar-refractivity contribution in [1.29, 1.82) is 0 Å². The van der Waals surface area contributed by atoms with Gasteiger partial charge in [-0.2, -0.15) is 13.2 Å². The minimum absolute atomic E-state index is 0.00540. The van der Waals surface area contributed by atoms with Gasteiger partial charge in [0.15, 0.2) is 0 Å². The van der Waals surface area contributed by atoms with Gasteiger partial charge in [0.1, 0.15) is 5.02 Å². The van der Waals surface area contributed by atoms with E-state index in [0.717, 1.165) is 49.6 Å². The smallest absolute Gasteiger partial charge is 0.416 e. The fourth-order valence-electron chi connectivity index (χ4n) is 3.68. The van der Waals surface area contributed by atoms with Crippen LogP contribution in [0.5, 0.6) is 5.88 Å². The van der Waals surface area contributed by atoms with Crippen molar-refractivity contribution in [1.82, 2.24) is 15.1 Å². The van der Waals surface area contributed by atoms with E-state index in [2.05, 4.69) is 10.4 Å². The van der Waals surface area contributed by atoms with E-state index < -0.39 is 17.6 Å². The number of aromatic nitrogens is 2. The first-order valence-electron chi connectivity index (χ1n) is 9.54. The number of carbonyl (C=O) groups excluding carboxylic acids is 1. The molecule has 3 rings (SSSR count). The van der Waals surface area contributed by atoms with Crippen molar-refractivity contribution in [2.75, 3.05) is 7.11 Å². The molecule has 1 fully saturated rings. The number of hydrogen-bond donors (Lipinski definition) is 1. The third-order valence-corrected chi connectivity index (χ3v) is 6.21. The van der Waals surface area contributed by atoms with Crippen LogP contribution in [0.15, 0.2) is 18.2 Å². The SMILES string of the molecule is COc1nn(CC2CCC(NC(=O)c3cc(C(F)(F)F)ccc3Cl)CC2)c(C)c1Cl. The third-order valence-electron chi connectivity index (χ3n) is 5.45. The quantitative estimate of drug-likeness (QED) is 0.635. The van der Waals surface area contributed by atoms with Gasteiger partial charge in [0.05, 0.1) is 29.0 Å². The molecule has 164 valence electrons. The van der Waals surface area contributed by atoms with Gasteiger partial charge in [-0.15, -0.1) is 5.10 Å². The van der Waals surface area contributed by atoms with Crippen molar-refractivity contribution in [3.05, 3.63) is 45.1 Å². The molecule has 1 aliphatic carbocycles. The van der Waals surface area contributed by atoms with Crippen LogP contribution in [0.2, 0.25) is 10.0 Å². The fourth-order valence-corrected chi connectivity index (χ4v) is 4.09. The Bertz CT molecular complexity index is 923. The second-order valence-corrected chi connectivity index (χ2v) is 8.26. The Kier molecular flexibility index (Phi) is 6.87. The summed E-state index contributed by atoms with van der Waals surface area (Å²) >= 11 is 12.1. The zero-order valence-electron chi connectivity index (χ0n) is 16.5. The Morgan fingerprint density at radius 1 is 1.27 bits per heavy atom. The summed E-state index contributed by atoms with van der Waals surface area (Å²) in [5.74, 6) is 0.164. The lowest BCUT2D eigenvalue weighted by molar-refractivity contribution is -0.137. The van der Waals surface area contributed by atoms with E-state index in [0.29, 0.717) is 23.4 Å². The van der Waals surface area contributed by atoms with Gasteiger partial charge in [-0.3, -0.25) is 9.48 Å². The zero-order chi connectivity index (χ0) is 22.1. The summed E-state index contributed by atoms with van der Waals surface area (Å²) in [6.45, 7) is 2.57. The predicted molar refractivity (Wildman–Crippen MR) is 108 cm³/mol. The highest BCUT2D eigenvalue weighted by atomic mass is 35.5. The van der Waals surface area contributed by atoms with E-state index in [9.17, 15) is 18.0 Å². The third kappa shape index (κ3) is 5.03. The molecule has 10 heteroatoms. The van der Waals surface area contributed by atoms with Crippen molar-refractivity contribution in [3.8, 4) is 5.88 Å². The van der Waals surface area contributed by atoms with E-state index >= 15 is 0 Å².